The second-order valence-electron chi connectivity index (χ2n) is 6.47. The second-order valence-corrected chi connectivity index (χ2v) is 6.47. The lowest BCUT2D eigenvalue weighted by molar-refractivity contribution is 0.0632. The maximum atomic E-state index is 13.2. The topological polar surface area (TPSA) is 40.5 Å². The molecule has 1 saturated carbocycles. The van der Waals surface area contributed by atoms with Crippen LogP contribution in [0.2, 0.25) is 0 Å². The summed E-state index contributed by atoms with van der Waals surface area (Å²) in [5.74, 6) is -0.990. The monoisotopic (exact) mass is 279 g/mol. The van der Waals surface area contributed by atoms with E-state index in [2.05, 4.69) is 13.8 Å². The fourth-order valence-electron chi connectivity index (χ4n) is 2.81. The number of aromatic hydroxyl groups is 1. The molecule has 1 fully saturated rings. The largest absolute Gasteiger partial charge is 0.507 e. The Morgan fingerprint density at radius 1 is 1.35 bits per heavy atom. The molecule has 1 aromatic carbocycles. The number of benzene rings is 1. The molecule has 1 aromatic rings. The SMILES string of the molecule is CN(C(=O)c1cc(F)ccc1O)C1CCC(C)(C)CC1. The molecule has 4 heteroatoms. The Balaban J connectivity index is 2.11. The summed E-state index contributed by atoms with van der Waals surface area (Å²) in [4.78, 5) is 14.0. The molecule has 3 nitrogen and oxygen atoms in total. The van der Waals surface area contributed by atoms with Gasteiger partial charge < -0.3 is 10.0 Å². The minimum Gasteiger partial charge on any atom is -0.507 e. The lowest BCUT2D eigenvalue weighted by Gasteiger charge is -2.38. The third-order valence-corrected chi connectivity index (χ3v) is 4.37. The minimum absolute atomic E-state index is 0.0392. The first-order valence-corrected chi connectivity index (χ1v) is 7.06. The standard InChI is InChI=1S/C16H22FNO2/c1-16(2)8-6-12(7-9-16)18(3)15(20)13-10-11(17)4-5-14(13)19/h4-5,10,12,19H,6-9H2,1-3H3. The number of phenolic OH excluding ortho intramolecular Hbond substituents is 1. The van der Waals surface area contributed by atoms with Crippen LogP contribution in [0.15, 0.2) is 18.2 Å². The van der Waals surface area contributed by atoms with E-state index >= 15 is 0 Å². The number of phenols is 1. The van der Waals surface area contributed by atoms with Crippen molar-refractivity contribution >= 4 is 5.91 Å². The van der Waals surface area contributed by atoms with Gasteiger partial charge >= 0.3 is 0 Å². The van der Waals surface area contributed by atoms with Gasteiger partial charge in [-0.3, -0.25) is 4.79 Å². The summed E-state index contributed by atoms with van der Waals surface area (Å²) in [5.41, 5.74) is 0.374. The van der Waals surface area contributed by atoms with Crippen LogP contribution in [-0.2, 0) is 0 Å². The summed E-state index contributed by atoms with van der Waals surface area (Å²) in [5, 5.41) is 9.72. The number of amides is 1. The molecule has 0 heterocycles. The van der Waals surface area contributed by atoms with E-state index in [0.29, 0.717) is 5.41 Å². The average molecular weight is 279 g/mol. The van der Waals surface area contributed by atoms with Crippen molar-refractivity contribution in [3.63, 3.8) is 0 Å². The van der Waals surface area contributed by atoms with Crippen LogP contribution in [0.3, 0.4) is 0 Å². The van der Waals surface area contributed by atoms with Gasteiger partial charge in [-0.15, -0.1) is 0 Å². The van der Waals surface area contributed by atoms with E-state index in [-0.39, 0.29) is 23.3 Å². The van der Waals surface area contributed by atoms with Crippen molar-refractivity contribution in [1.82, 2.24) is 4.90 Å². The number of halogens is 1. The summed E-state index contributed by atoms with van der Waals surface area (Å²) < 4.78 is 13.2. The summed E-state index contributed by atoms with van der Waals surface area (Å²) in [6.07, 6.45) is 4.05. The van der Waals surface area contributed by atoms with E-state index in [0.717, 1.165) is 37.8 Å². The van der Waals surface area contributed by atoms with Crippen LogP contribution < -0.4 is 0 Å². The Bertz CT molecular complexity index is 503. The Kier molecular flexibility index (Phi) is 4.02. The second kappa shape index (κ2) is 5.43. The van der Waals surface area contributed by atoms with Gasteiger partial charge in [0, 0.05) is 13.1 Å². The van der Waals surface area contributed by atoms with Gasteiger partial charge in [0.2, 0.25) is 0 Å². The molecule has 0 saturated heterocycles. The zero-order valence-corrected chi connectivity index (χ0v) is 12.3. The zero-order valence-electron chi connectivity index (χ0n) is 12.3. The van der Waals surface area contributed by atoms with Crippen LogP contribution >= 0.6 is 0 Å². The molecule has 0 bridgehead atoms. The van der Waals surface area contributed by atoms with Crippen molar-refractivity contribution in [2.24, 2.45) is 5.41 Å². The van der Waals surface area contributed by atoms with Crippen molar-refractivity contribution in [3.05, 3.63) is 29.6 Å². The predicted molar refractivity (Wildman–Crippen MR) is 76.2 cm³/mol. The van der Waals surface area contributed by atoms with Gasteiger partial charge in [0.1, 0.15) is 11.6 Å². The maximum absolute atomic E-state index is 13.2. The maximum Gasteiger partial charge on any atom is 0.257 e. The molecule has 1 aliphatic carbocycles. The normalized spacial score (nSPS) is 18.8. The van der Waals surface area contributed by atoms with Crippen LogP contribution in [0.4, 0.5) is 4.39 Å². The fourth-order valence-corrected chi connectivity index (χ4v) is 2.81. The van der Waals surface area contributed by atoms with Crippen molar-refractivity contribution in [1.29, 1.82) is 0 Å². The number of hydrogen-bond donors (Lipinski definition) is 1. The molecule has 1 amide bonds. The molecule has 20 heavy (non-hydrogen) atoms. The molecule has 1 N–H and O–H groups in total. The van der Waals surface area contributed by atoms with Gasteiger partial charge in [0.05, 0.1) is 5.56 Å². The molecule has 0 unspecified atom stereocenters. The van der Waals surface area contributed by atoms with Crippen LogP contribution in [0.1, 0.15) is 49.9 Å². The number of rotatable bonds is 2. The highest BCUT2D eigenvalue weighted by molar-refractivity contribution is 5.96. The molecular weight excluding hydrogens is 257 g/mol. The van der Waals surface area contributed by atoms with E-state index in [4.69, 9.17) is 0 Å². The van der Waals surface area contributed by atoms with E-state index < -0.39 is 5.82 Å². The van der Waals surface area contributed by atoms with Crippen molar-refractivity contribution in [2.75, 3.05) is 7.05 Å². The first-order chi connectivity index (χ1) is 9.30. The first-order valence-electron chi connectivity index (χ1n) is 7.06. The molecule has 0 aliphatic heterocycles. The Hall–Kier alpha value is -1.58. The van der Waals surface area contributed by atoms with E-state index in [9.17, 15) is 14.3 Å². The number of carbonyl (C=O) groups excluding carboxylic acids is 1. The van der Waals surface area contributed by atoms with E-state index in [1.54, 1.807) is 11.9 Å². The molecule has 0 atom stereocenters. The number of carbonyl (C=O) groups is 1. The highest BCUT2D eigenvalue weighted by atomic mass is 19.1. The zero-order chi connectivity index (χ0) is 14.9. The van der Waals surface area contributed by atoms with Crippen molar-refractivity contribution < 1.29 is 14.3 Å². The quantitative estimate of drug-likeness (QED) is 0.899. The molecule has 0 spiro atoms. The smallest absolute Gasteiger partial charge is 0.257 e. The third kappa shape index (κ3) is 3.11. The van der Waals surface area contributed by atoms with Gasteiger partial charge in [0.25, 0.3) is 5.91 Å². The van der Waals surface area contributed by atoms with Crippen LogP contribution in [-0.4, -0.2) is 29.0 Å². The van der Waals surface area contributed by atoms with Gasteiger partial charge in [-0.2, -0.15) is 0 Å². The van der Waals surface area contributed by atoms with E-state index in [1.165, 1.54) is 6.07 Å². The molecule has 2 rings (SSSR count). The Labute approximate surface area is 119 Å². The van der Waals surface area contributed by atoms with Gasteiger partial charge in [-0.1, -0.05) is 13.8 Å². The van der Waals surface area contributed by atoms with Crippen molar-refractivity contribution in [2.45, 2.75) is 45.6 Å². The predicted octanol–water partition coefficient (Wildman–Crippen LogP) is 3.57. The Morgan fingerprint density at radius 3 is 2.55 bits per heavy atom. The average Bonchev–Trinajstić information content (AvgIpc) is 2.40. The molecule has 0 radical (unpaired) electrons. The van der Waals surface area contributed by atoms with Crippen LogP contribution in [0.25, 0.3) is 0 Å². The summed E-state index contributed by atoms with van der Waals surface area (Å²) in [6, 6.07) is 3.63. The summed E-state index contributed by atoms with van der Waals surface area (Å²) >= 11 is 0. The molecule has 110 valence electrons. The summed E-state index contributed by atoms with van der Waals surface area (Å²) in [7, 11) is 1.73. The van der Waals surface area contributed by atoms with Crippen molar-refractivity contribution in [3.8, 4) is 5.75 Å². The number of hydrogen-bond acceptors (Lipinski definition) is 2. The highest BCUT2D eigenvalue weighted by Gasteiger charge is 2.31. The number of nitrogens with zero attached hydrogens (tertiary/aromatic N) is 1. The highest BCUT2D eigenvalue weighted by Crippen LogP contribution is 2.37. The first kappa shape index (κ1) is 14.8. The Morgan fingerprint density at radius 2 is 1.95 bits per heavy atom. The van der Waals surface area contributed by atoms with Gasteiger partial charge in [-0.25, -0.2) is 4.39 Å². The molecule has 0 aromatic heterocycles. The molecular formula is C16H22FNO2. The fraction of sp³-hybridized carbons (Fsp3) is 0.562. The van der Waals surface area contributed by atoms with E-state index in [1.807, 2.05) is 0 Å². The van der Waals surface area contributed by atoms with Crippen LogP contribution in [0.5, 0.6) is 5.75 Å². The van der Waals surface area contributed by atoms with Gasteiger partial charge in [0.15, 0.2) is 0 Å². The lowest BCUT2D eigenvalue weighted by atomic mass is 9.75. The third-order valence-electron chi connectivity index (χ3n) is 4.37. The molecule has 1 aliphatic rings. The summed E-state index contributed by atoms with van der Waals surface area (Å²) in [6.45, 7) is 4.48. The van der Waals surface area contributed by atoms with Gasteiger partial charge in [-0.05, 0) is 49.3 Å². The lowest BCUT2D eigenvalue weighted by Crippen LogP contribution is -2.40. The van der Waals surface area contributed by atoms with Crippen LogP contribution in [0, 0.1) is 11.2 Å². The minimum atomic E-state index is -0.510.